The smallest absolute Gasteiger partial charge is 0.247 e. The third-order valence-electron chi connectivity index (χ3n) is 7.45. The highest BCUT2D eigenvalue weighted by Gasteiger charge is 2.55. The number of nitrogens with zero attached hydrogens (tertiary/aromatic N) is 1. The van der Waals surface area contributed by atoms with Crippen LogP contribution in [0.2, 0.25) is 0 Å². The SMILES string of the molecule is CN[C@@H](C)C(=O)N[C@H]1CCO[C@H]2CC(C)(C)[C@@H](C(=O)N[C@@H]3CCCc4cc(O)ccc43)N2C1=O. The van der Waals surface area contributed by atoms with Crippen LogP contribution >= 0.6 is 0 Å². The first-order valence-corrected chi connectivity index (χ1v) is 12.2. The Morgan fingerprint density at radius 2 is 1.97 bits per heavy atom. The molecule has 2 saturated heterocycles. The second-order valence-corrected chi connectivity index (χ2v) is 10.4. The second kappa shape index (κ2) is 9.54. The number of hydrogen-bond acceptors (Lipinski definition) is 6. The zero-order chi connectivity index (χ0) is 24.6. The number of aromatic hydroxyl groups is 1. The van der Waals surface area contributed by atoms with Gasteiger partial charge in [-0.3, -0.25) is 14.4 Å². The zero-order valence-corrected chi connectivity index (χ0v) is 20.4. The maximum Gasteiger partial charge on any atom is 0.247 e. The van der Waals surface area contributed by atoms with E-state index in [0.717, 1.165) is 30.4 Å². The van der Waals surface area contributed by atoms with E-state index >= 15 is 0 Å². The average molecular weight is 473 g/mol. The number of likely N-dealkylation sites (N-methyl/N-ethyl adjacent to an activating group) is 1. The lowest BCUT2D eigenvalue weighted by molar-refractivity contribution is -0.150. The summed E-state index contributed by atoms with van der Waals surface area (Å²) in [6, 6.07) is 3.20. The van der Waals surface area contributed by atoms with Crippen LogP contribution in [0.5, 0.6) is 5.75 Å². The van der Waals surface area contributed by atoms with Crippen LogP contribution in [0, 0.1) is 5.41 Å². The van der Waals surface area contributed by atoms with Gasteiger partial charge in [-0.25, -0.2) is 0 Å². The van der Waals surface area contributed by atoms with E-state index in [1.54, 1.807) is 31.0 Å². The van der Waals surface area contributed by atoms with E-state index in [-0.39, 0.29) is 29.5 Å². The monoisotopic (exact) mass is 472 g/mol. The van der Waals surface area contributed by atoms with Gasteiger partial charge in [-0.1, -0.05) is 19.9 Å². The van der Waals surface area contributed by atoms with Gasteiger partial charge >= 0.3 is 0 Å². The molecule has 4 N–H and O–H groups in total. The summed E-state index contributed by atoms with van der Waals surface area (Å²) in [6.45, 7) is 6.01. The van der Waals surface area contributed by atoms with E-state index < -0.39 is 29.8 Å². The Bertz CT molecular complexity index is 965. The molecule has 3 amide bonds. The van der Waals surface area contributed by atoms with Crippen molar-refractivity contribution in [3.63, 3.8) is 0 Å². The normalized spacial score (nSPS) is 28.9. The van der Waals surface area contributed by atoms with Gasteiger partial charge in [-0.05, 0) is 68.3 Å². The fourth-order valence-electron chi connectivity index (χ4n) is 5.48. The molecular formula is C25H36N4O5. The minimum atomic E-state index is -0.740. The fraction of sp³-hybridized carbons (Fsp3) is 0.640. The zero-order valence-electron chi connectivity index (χ0n) is 20.4. The summed E-state index contributed by atoms with van der Waals surface area (Å²) in [4.78, 5) is 41.3. The first-order chi connectivity index (χ1) is 16.1. The maximum atomic E-state index is 13.7. The molecule has 2 heterocycles. The van der Waals surface area contributed by atoms with Crippen molar-refractivity contribution >= 4 is 17.7 Å². The highest BCUT2D eigenvalue weighted by atomic mass is 16.5. The number of amides is 3. The van der Waals surface area contributed by atoms with Crippen molar-refractivity contribution in [3.8, 4) is 5.75 Å². The Morgan fingerprint density at radius 1 is 1.21 bits per heavy atom. The van der Waals surface area contributed by atoms with Gasteiger partial charge in [0.25, 0.3) is 0 Å². The Balaban J connectivity index is 1.56. The van der Waals surface area contributed by atoms with Crippen molar-refractivity contribution in [2.24, 2.45) is 5.41 Å². The van der Waals surface area contributed by atoms with Crippen molar-refractivity contribution < 1.29 is 24.2 Å². The molecule has 2 fully saturated rings. The molecule has 0 radical (unpaired) electrons. The molecule has 0 aromatic heterocycles. The molecule has 1 aliphatic carbocycles. The molecule has 9 heteroatoms. The Morgan fingerprint density at radius 3 is 2.71 bits per heavy atom. The number of ether oxygens (including phenoxy) is 1. The molecule has 34 heavy (non-hydrogen) atoms. The number of fused-ring (bicyclic) bond motifs is 2. The molecule has 2 aliphatic heterocycles. The number of rotatable bonds is 5. The molecule has 4 rings (SSSR count). The Kier molecular flexibility index (Phi) is 6.87. The lowest BCUT2D eigenvalue weighted by atomic mass is 9.82. The van der Waals surface area contributed by atoms with E-state index in [2.05, 4.69) is 16.0 Å². The first-order valence-electron chi connectivity index (χ1n) is 12.2. The minimum Gasteiger partial charge on any atom is -0.508 e. The number of carbonyl (C=O) groups is 3. The molecule has 0 unspecified atom stereocenters. The maximum absolute atomic E-state index is 13.7. The number of nitrogens with one attached hydrogen (secondary N) is 3. The van der Waals surface area contributed by atoms with Crippen LogP contribution < -0.4 is 16.0 Å². The lowest BCUT2D eigenvalue weighted by Gasteiger charge is -2.35. The number of aryl methyl sites for hydroxylation is 1. The first kappa shape index (κ1) is 24.5. The van der Waals surface area contributed by atoms with Crippen LogP contribution in [0.1, 0.15) is 63.6 Å². The minimum absolute atomic E-state index is 0.179. The molecule has 1 aromatic rings. The molecule has 186 valence electrons. The Labute approximate surface area is 200 Å². The second-order valence-electron chi connectivity index (χ2n) is 10.4. The highest BCUT2D eigenvalue weighted by Crippen LogP contribution is 2.43. The molecule has 0 spiro atoms. The van der Waals surface area contributed by atoms with Gasteiger partial charge in [0.1, 0.15) is 24.1 Å². The number of hydrogen-bond donors (Lipinski definition) is 4. The van der Waals surface area contributed by atoms with Crippen LogP contribution in [-0.4, -0.2) is 65.7 Å². The largest absolute Gasteiger partial charge is 0.508 e. The summed E-state index contributed by atoms with van der Waals surface area (Å²) in [6.07, 6.45) is 2.96. The number of benzene rings is 1. The van der Waals surface area contributed by atoms with E-state index in [1.807, 2.05) is 19.9 Å². The van der Waals surface area contributed by atoms with Crippen LogP contribution in [0.3, 0.4) is 0 Å². The molecule has 1 aromatic carbocycles. The third kappa shape index (κ3) is 4.63. The topological polar surface area (TPSA) is 120 Å². The molecule has 0 bridgehead atoms. The van der Waals surface area contributed by atoms with E-state index in [1.165, 1.54) is 0 Å². The van der Waals surface area contributed by atoms with Crippen molar-refractivity contribution in [2.45, 2.75) is 83.3 Å². The standard InChI is InChI=1S/C25H36N4O5/c1-14(26-4)22(31)28-19-10-11-34-20-13-25(2,3)21(29(20)24(19)33)23(32)27-18-7-5-6-15-12-16(30)8-9-17(15)18/h8-9,12,14,18-21,26,30H,5-7,10-11,13H2,1-4H3,(H,27,32)(H,28,31)/t14-,18+,19-,20-,21+/m0/s1. The van der Waals surface area contributed by atoms with Crippen LogP contribution in [-0.2, 0) is 25.5 Å². The van der Waals surface area contributed by atoms with Gasteiger partial charge in [0.2, 0.25) is 17.7 Å². The fourth-order valence-corrected chi connectivity index (χ4v) is 5.48. The summed E-state index contributed by atoms with van der Waals surface area (Å²) in [7, 11) is 1.69. The van der Waals surface area contributed by atoms with E-state index in [9.17, 15) is 19.5 Å². The predicted octanol–water partition coefficient (Wildman–Crippen LogP) is 1.35. The van der Waals surface area contributed by atoms with Gasteiger partial charge in [-0.2, -0.15) is 0 Å². The molecular weight excluding hydrogens is 436 g/mol. The third-order valence-corrected chi connectivity index (χ3v) is 7.45. The lowest BCUT2D eigenvalue weighted by Crippen LogP contribution is -2.58. The van der Waals surface area contributed by atoms with Crippen molar-refractivity contribution in [2.75, 3.05) is 13.7 Å². The average Bonchev–Trinajstić information content (AvgIpc) is 2.98. The summed E-state index contributed by atoms with van der Waals surface area (Å²) >= 11 is 0. The highest BCUT2D eigenvalue weighted by molar-refractivity contribution is 5.94. The molecule has 5 atom stereocenters. The molecule has 9 nitrogen and oxygen atoms in total. The van der Waals surface area contributed by atoms with Crippen LogP contribution in [0.4, 0.5) is 0 Å². The van der Waals surface area contributed by atoms with E-state index in [4.69, 9.17) is 4.74 Å². The number of phenolic OH excluding ortho intramolecular Hbond substituents is 1. The van der Waals surface area contributed by atoms with Crippen LogP contribution in [0.15, 0.2) is 18.2 Å². The van der Waals surface area contributed by atoms with Crippen molar-refractivity contribution in [1.29, 1.82) is 0 Å². The van der Waals surface area contributed by atoms with Crippen LogP contribution in [0.25, 0.3) is 0 Å². The van der Waals surface area contributed by atoms with Gasteiger partial charge in [0, 0.05) is 6.42 Å². The van der Waals surface area contributed by atoms with Gasteiger partial charge in [-0.15, -0.1) is 0 Å². The molecule has 3 aliphatic rings. The predicted molar refractivity (Wildman–Crippen MR) is 126 cm³/mol. The van der Waals surface area contributed by atoms with Gasteiger partial charge in [0.05, 0.1) is 18.7 Å². The van der Waals surface area contributed by atoms with Crippen molar-refractivity contribution in [3.05, 3.63) is 29.3 Å². The number of carbonyl (C=O) groups excluding carboxylic acids is 3. The summed E-state index contributed by atoms with van der Waals surface area (Å²) < 4.78 is 6.00. The summed E-state index contributed by atoms with van der Waals surface area (Å²) in [5.41, 5.74) is 1.55. The van der Waals surface area contributed by atoms with Crippen molar-refractivity contribution in [1.82, 2.24) is 20.9 Å². The quantitative estimate of drug-likeness (QED) is 0.514. The molecule has 0 saturated carbocycles. The van der Waals surface area contributed by atoms with Gasteiger partial charge in [0.15, 0.2) is 0 Å². The number of phenols is 1. The van der Waals surface area contributed by atoms with Gasteiger partial charge < -0.3 is 30.7 Å². The summed E-state index contributed by atoms with van der Waals surface area (Å²) in [5.74, 6) is -0.538. The Hall–Kier alpha value is -2.65. The van der Waals surface area contributed by atoms with E-state index in [0.29, 0.717) is 19.4 Å². The summed E-state index contributed by atoms with van der Waals surface area (Å²) in [5, 5.41) is 18.7.